The first-order chi connectivity index (χ1) is 50.3. The maximum atomic E-state index is 12.0. The SMILES string of the molecule is CC[C@H]1O[C@@H](n2cc(I)c3c(Cl)nc(N)nc32)CC1C.CC[C@H]1O[C@@H](n2cc(I)c3c(Cl)nc(N)nc32)CC1O[Si](C)(C)C(C)(C)C.Nc1nc(Cl)c2c(I)c[nH]c2n1.Nc1nc(Cl)c2c(I)cn([C@H]3CC(O)[C@@H](CO)O3)c2n1.Nc1nc(Cl)c2cc[nH]c2n1.O=C(Nc1nc(Cl)c2cc[nH]c2n1)C(F)(F)F. The number of carbonyl (C=O) groups is 1. The molecule has 45 heteroatoms. The average molecular weight is 2070 g/mol. The van der Waals surface area contributed by atoms with Crippen LogP contribution in [0, 0.1) is 20.2 Å². The van der Waals surface area contributed by atoms with Crippen molar-refractivity contribution in [3.05, 3.63) is 94.5 Å². The van der Waals surface area contributed by atoms with Crippen LogP contribution in [-0.2, 0) is 23.4 Å². The molecule has 0 aliphatic carbocycles. The molecule has 574 valence electrons. The number of aliphatic hydroxyl groups is 2. The van der Waals surface area contributed by atoms with Crippen LogP contribution >= 0.6 is 160 Å². The van der Waals surface area contributed by atoms with Crippen molar-refractivity contribution in [1.82, 2.24) is 88.5 Å². The number of nitrogens with zero attached hydrogens (tertiary/aromatic N) is 15. The first-order valence-corrected chi connectivity index (χ1v) is 41.8. The third kappa shape index (κ3) is 19.2. The lowest BCUT2D eigenvalue weighted by atomic mass is 10.0. The number of hydrogen-bond acceptors (Lipinski definition) is 24. The summed E-state index contributed by atoms with van der Waals surface area (Å²) in [5.74, 6) is -1.31. The fraction of sp³-hybridized carbons (Fsp3) is 0.403. The van der Waals surface area contributed by atoms with E-state index >= 15 is 0 Å². The molecule has 15 rings (SSSR count). The third-order valence-electron chi connectivity index (χ3n) is 17.6. The number of anilines is 6. The van der Waals surface area contributed by atoms with Crippen molar-refractivity contribution < 1.29 is 46.8 Å². The standard InChI is InChI=1S/C18H28ClIN4O2Si.C13H16ClIN4O.C11H12ClIN4O3.C8H4ClF3N4O.C6H4ClIN4.C6H5ClN4/c1-7-11-12(26-27(5,6)18(2,3)4)8-13(25-11)24-9-10(20)14-15(19)22-17(21)23-16(14)24;1-3-8-6(2)4-9(20-8)19-5-7(15)10-11(14)17-13(16)18-12(10)19;12-9-8-4(13)2-17(10(8)16-11(14)15-9)7-1-5(19)6(3-18)20-7;9-4-3-1-2-13-5(3)15-7(14-4)16-6(17)8(10,11)12;7-4-3-2(8)1-10-5(3)12-6(9)11-4;7-4-3-1-2-9-5(3)11-6(8)10-4/h9,11-13H,7-8H2,1-6H3,(H2,21,22,23);5-6,8-9H,3-4H2,1-2H3,(H2,16,17,18);2,5-7,18-19H,1,3H2,(H2,14,15,16);1-2H,(H2,13,14,15,16,17);1H,(H3,9,10,11,12);1-2H,(H3,8,9,10,11)/t11-,12?,13-;6?,8-,9-;5?,6-,7-;;;/m111.../s1. The number of nitrogens with two attached hydrogens (primary N) is 5. The number of alkyl halides is 3. The number of fused-ring (bicyclic) bond motifs is 6. The fourth-order valence-corrected chi connectivity index (χ4v) is 18.0. The maximum absolute atomic E-state index is 12.0. The second kappa shape index (κ2) is 34.7. The predicted octanol–water partition coefficient (Wildman–Crippen LogP) is 15.0. The van der Waals surface area contributed by atoms with Gasteiger partial charge in [0.2, 0.25) is 35.7 Å². The van der Waals surface area contributed by atoms with Gasteiger partial charge >= 0.3 is 12.1 Å². The number of hydrogen-bond donors (Lipinski definition) is 11. The molecule has 3 aliphatic rings. The minimum Gasteiger partial charge on any atom is -0.411 e. The van der Waals surface area contributed by atoms with E-state index in [9.17, 15) is 23.1 Å². The number of nitrogen functional groups attached to an aromatic ring is 5. The van der Waals surface area contributed by atoms with E-state index in [1.165, 1.54) is 11.5 Å². The van der Waals surface area contributed by atoms with Crippen LogP contribution < -0.4 is 34.0 Å². The van der Waals surface area contributed by atoms with Crippen LogP contribution in [0.5, 0.6) is 0 Å². The first kappa shape index (κ1) is 84.1. The van der Waals surface area contributed by atoms with E-state index in [2.05, 4.69) is 220 Å². The van der Waals surface area contributed by atoms with Crippen molar-refractivity contribution >= 4 is 276 Å². The number of aliphatic hydroxyl groups excluding tert-OH is 2. The molecule has 31 nitrogen and oxygen atoms in total. The summed E-state index contributed by atoms with van der Waals surface area (Å²) < 4.78 is 70.5. The molecule has 0 radical (unpaired) electrons. The highest BCUT2D eigenvalue weighted by Crippen LogP contribution is 2.45. The number of ether oxygens (including phenoxy) is 3. The molecule has 3 aliphatic heterocycles. The first-order valence-electron chi connectivity index (χ1n) is 32.3. The van der Waals surface area contributed by atoms with Crippen molar-refractivity contribution in [2.45, 2.75) is 147 Å². The van der Waals surface area contributed by atoms with Crippen molar-refractivity contribution in [3.8, 4) is 0 Å². The summed E-state index contributed by atoms with van der Waals surface area (Å²) in [7, 11) is -1.88. The molecule has 107 heavy (non-hydrogen) atoms. The molecule has 0 aromatic carbocycles. The average Bonchev–Trinajstić information content (AvgIpc) is 1.62. The largest absolute Gasteiger partial charge is 0.471 e. The number of amides is 1. The van der Waals surface area contributed by atoms with E-state index in [1.807, 2.05) is 33.9 Å². The van der Waals surface area contributed by atoms with Crippen LogP contribution in [0.1, 0.15) is 92.3 Å². The minimum atomic E-state index is -5.00. The van der Waals surface area contributed by atoms with Gasteiger partial charge in [0.1, 0.15) is 89.6 Å². The van der Waals surface area contributed by atoms with E-state index in [0.717, 1.165) is 67.2 Å². The Labute approximate surface area is 692 Å². The number of aromatic nitrogens is 18. The highest BCUT2D eigenvalue weighted by atomic mass is 127. The van der Waals surface area contributed by atoms with E-state index in [4.69, 9.17) is 122 Å². The highest BCUT2D eigenvalue weighted by molar-refractivity contribution is 14.1. The molecule has 3 saturated heterocycles. The minimum absolute atomic E-state index is 0.00803. The van der Waals surface area contributed by atoms with Crippen LogP contribution in [0.2, 0.25) is 49.1 Å². The normalized spacial score (nSPS) is 20.2. The molecule has 3 fully saturated rings. The number of halogens is 13. The molecular formula is C62H69Cl6F3I4N24O7Si. The van der Waals surface area contributed by atoms with Gasteiger partial charge in [0.25, 0.3) is 0 Å². The van der Waals surface area contributed by atoms with Gasteiger partial charge in [-0.15, -0.1) is 0 Å². The number of rotatable bonds is 9. The smallest absolute Gasteiger partial charge is 0.411 e. The zero-order valence-electron chi connectivity index (χ0n) is 57.5. The van der Waals surface area contributed by atoms with E-state index in [1.54, 1.807) is 22.9 Å². The monoisotopic (exact) mass is 2060 g/mol. The van der Waals surface area contributed by atoms with Crippen molar-refractivity contribution in [1.29, 1.82) is 0 Å². The van der Waals surface area contributed by atoms with Gasteiger partial charge in [0, 0.05) is 64.3 Å². The summed E-state index contributed by atoms with van der Waals surface area (Å²) >= 11 is 44.7. The summed E-state index contributed by atoms with van der Waals surface area (Å²) in [5.41, 5.74) is 31.5. The van der Waals surface area contributed by atoms with Gasteiger partial charge in [-0.2, -0.15) is 48.1 Å². The molecule has 3 unspecified atom stereocenters. The van der Waals surface area contributed by atoms with E-state index in [-0.39, 0.29) is 82.0 Å². The van der Waals surface area contributed by atoms with Crippen LogP contribution in [0.25, 0.3) is 66.2 Å². The second-order valence-corrected chi connectivity index (χ2v) is 37.3. The molecule has 16 N–H and O–H groups in total. The molecule has 12 aromatic heterocycles. The van der Waals surface area contributed by atoms with Gasteiger partial charge in [-0.25, -0.2) is 24.9 Å². The Bertz CT molecular complexity index is 5110. The molecule has 9 atom stereocenters. The molecule has 15 heterocycles. The Morgan fingerprint density at radius 3 is 1.42 bits per heavy atom. The Hall–Kier alpha value is -5.38. The predicted molar refractivity (Wildman–Crippen MR) is 442 cm³/mol. The topological polar surface area (TPSA) is 453 Å². The summed E-state index contributed by atoms with van der Waals surface area (Å²) in [4.78, 5) is 66.8. The summed E-state index contributed by atoms with van der Waals surface area (Å²) in [5, 5.41) is 26.9. The molecule has 1 amide bonds. The fourth-order valence-electron chi connectivity index (χ4n) is 11.4. The van der Waals surface area contributed by atoms with Gasteiger partial charge < -0.3 is 86.2 Å². The molecule has 12 aromatic rings. The van der Waals surface area contributed by atoms with Gasteiger partial charge in [0.15, 0.2) is 8.32 Å². The van der Waals surface area contributed by atoms with Gasteiger partial charge in [-0.05, 0) is 146 Å². The van der Waals surface area contributed by atoms with Crippen molar-refractivity contribution in [2.24, 2.45) is 5.92 Å². The number of H-pyrrole nitrogens is 3. The Kier molecular flexibility index (Phi) is 27.3. The van der Waals surface area contributed by atoms with Crippen molar-refractivity contribution in [2.75, 3.05) is 40.6 Å². The summed E-state index contributed by atoms with van der Waals surface area (Å²) in [6, 6.07) is 3.37. The van der Waals surface area contributed by atoms with Crippen LogP contribution in [0.15, 0.2) is 49.3 Å². The van der Waals surface area contributed by atoms with E-state index < -0.39 is 44.8 Å². The van der Waals surface area contributed by atoms with Crippen LogP contribution in [0.4, 0.5) is 48.9 Å². The molecular weight excluding hydrogens is 2000 g/mol. The van der Waals surface area contributed by atoms with Gasteiger partial charge in [0.05, 0.1) is 63.3 Å². The van der Waals surface area contributed by atoms with Gasteiger partial charge in [-0.1, -0.05) is 111 Å². The Balaban J connectivity index is 0.000000140. The Morgan fingerprint density at radius 1 is 0.579 bits per heavy atom. The van der Waals surface area contributed by atoms with Gasteiger partial charge in [-0.3, -0.25) is 10.1 Å². The highest BCUT2D eigenvalue weighted by Gasteiger charge is 2.46. The summed E-state index contributed by atoms with van der Waals surface area (Å²) in [6.07, 6.45) is 8.50. The van der Waals surface area contributed by atoms with E-state index in [0.29, 0.717) is 72.4 Å². The number of nitrogens with one attached hydrogen (secondary N) is 4. The zero-order chi connectivity index (χ0) is 78.2. The third-order valence-corrected chi connectivity index (χ3v) is 27.1. The lowest BCUT2D eigenvalue weighted by Crippen LogP contribution is -2.45. The molecule has 0 saturated carbocycles. The number of carbonyl (C=O) groups excluding carboxylic acids is 1. The molecule has 0 bridgehead atoms. The quantitative estimate of drug-likeness (QED) is 0.0363. The summed E-state index contributed by atoms with van der Waals surface area (Å²) in [6.45, 7) is 17.6. The zero-order valence-corrected chi connectivity index (χ0v) is 71.7. The van der Waals surface area contributed by atoms with Crippen LogP contribution in [-0.4, -0.2) is 156 Å². The molecule has 0 spiro atoms. The maximum Gasteiger partial charge on any atom is 0.471 e. The number of aromatic amines is 3. The lowest BCUT2D eigenvalue weighted by molar-refractivity contribution is -0.167. The lowest BCUT2D eigenvalue weighted by Gasteiger charge is -2.39. The van der Waals surface area contributed by atoms with Crippen molar-refractivity contribution in [3.63, 3.8) is 0 Å². The Morgan fingerprint density at radius 2 is 0.981 bits per heavy atom. The van der Waals surface area contributed by atoms with Crippen LogP contribution in [0.3, 0.4) is 0 Å². The second-order valence-electron chi connectivity index (χ2n) is 25.8.